The number of nitrogens with zero attached hydrogens (tertiary/aromatic N) is 1. The van der Waals surface area contributed by atoms with Crippen molar-refractivity contribution in [2.75, 3.05) is 20.2 Å². The number of esters is 1. The molecular formula is C16H24N2O4. The molecule has 1 aliphatic rings. The smallest absolute Gasteiger partial charge is 0.330 e. The average Bonchev–Trinajstić information content (AvgIpc) is 2.99. The summed E-state index contributed by atoms with van der Waals surface area (Å²) in [5.41, 5.74) is -1.00. The van der Waals surface area contributed by atoms with Crippen LogP contribution in [0.4, 0.5) is 0 Å². The van der Waals surface area contributed by atoms with E-state index in [1.807, 2.05) is 12.1 Å². The van der Waals surface area contributed by atoms with Crippen LogP contribution in [0.1, 0.15) is 32.4 Å². The van der Waals surface area contributed by atoms with Crippen molar-refractivity contribution in [1.82, 2.24) is 10.2 Å². The average molecular weight is 308 g/mol. The monoisotopic (exact) mass is 308 g/mol. The van der Waals surface area contributed by atoms with Gasteiger partial charge in [-0.2, -0.15) is 0 Å². The molecule has 0 bridgehead atoms. The molecular weight excluding hydrogens is 284 g/mol. The lowest BCUT2D eigenvalue weighted by molar-refractivity contribution is -0.150. The van der Waals surface area contributed by atoms with Gasteiger partial charge in [0.25, 0.3) is 0 Å². The third-order valence-corrected chi connectivity index (χ3v) is 3.97. The first-order chi connectivity index (χ1) is 10.4. The number of methoxy groups -OCH3 is 1. The number of carbonyl (C=O) groups is 2. The number of likely N-dealkylation sites (tertiary alicyclic amines) is 1. The van der Waals surface area contributed by atoms with Crippen LogP contribution in [0.15, 0.2) is 22.8 Å². The van der Waals surface area contributed by atoms with Crippen LogP contribution in [0.3, 0.4) is 0 Å². The van der Waals surface area contributed by atoms with Gasteiger partial charge in [0.2, 0.25) is 5.91 Å². The van der Waals surface area contributed by atoms with Crippen molar-refractivity contribution in [2.24, 2.45) is 5.92 Å². The Hall–Kier alpha value is -1.82. The Balaban J connectivity index is 1.91. The highest BCUT2D eigenvalue weighted by Crippen LogP contribution is 2.20. The molecule has 0 aliphatic carbocycles. The standard InChI is InChI=1S/C16H24N2O4/c1-16(2,15(20)21-3)17-14(19)12-6-4-8-18(10-12)11-13-7-5-9-22-13/h5,7,9,12H,4,6,8,10-11H2,1-3H3,(H,17,19)/t12-/m1/s1. The van der Waals surface area contributed by atoms with Gasteiger partial charge in [-0.1, -0.05) is 0 Å². The second-order valence-corrected chi connectivity index (χ2v) is 6.26. The van der Waals surface area contributed by atoms with Gasteiger partial charge in [0.15, 0.2) is 0 Å². The molecule has 1 saturated heterocycles. The topological polar surface area (TPSA) is 71.8 Å². The maximum absolute atomic E-state index is 12.4. The van der Waals surface area contributed by atoms with E-state index < -0.39 is 11.5 Å². The number of nitrogens with one attached hydrogen (secondary N) is 1. The number of hydrogen-bond acceptors (Lipinski definition) is 5. The Labute approximate surface area is 130 Å². The lowest BCUT2D eigenvalue weighted by Crippen LogP contribution is -2.54. The molecule has 0 radical (unpaired) electrons. The predicted octanol–water partition coefficient (Wildman–Crippen LogP) is 1.56. The van der Waals surface area contributed by atoms with Crippen LogP contribution in [0.5, 0.6) is 0 Å². The highest BCUT2D eigenvalue weighted by Gasteiger charge is 2.34. The first-order valence-electron chi connectivity index (χ1n) is 7.57. The number of hydrogen-bond donors (Lipinski definition) is 1. The van der Waals surface area contributed by atoms with E-state index in [0.717, 1.165) is 25.1 Å². The van der Waals surface area contributed by atoms with Crippen molar-refractivity contribution >= 4 is 11.9 Å². The van der Waals surface area contributed by atoms with Crippen molar-refractivity contribution < 1.29 is 18.7 Å². The summed E-state index contributed by atoms with van der Waals surface area (Å²) in [7, 11) is 1.32. The summed E-state index contributed by atoms with van der Waals surface area (Å²) in [6.45, 7) is 5.63. The molecule has 1 atom stereocenters. The quantitative estimate of drug-likeness (QED) is 0.836. The number of piperidine rings is 1. The van der Waals surface area contributed by atoms with E-state index in [2.05, 4.69) is 10.2 Å². The van der Waals surface area contributed by atoms with E-state index in [-0.39, 0.29) is 11.8 Å². The van der Waals surface area contributed by atoms with Crippen LogP contribution in [0.25, 0.3) is 0 Å². The molecule has 0 unspecified atom stereocenters. The van der Waals surface area contributed by atoms with Gasteiger partial charge in [-0.05, 0) is 45.4 Å². The van der Waals surface area contributed by atoms with Crippen molar-refractivity contribution in [3.05, 3.63) is 24.2 Å². The maximum atomic E-state index is 12.4. The normalized spacial score (nSPS) is 19.7. The van der Waals surface area contributed by atoms with E-state index in [9.17, 15) is 9.59 Å². The fourth-order valence-electron chi connectivity index (χ4n) is 2.75. The highest BCUT2D eigenvalue weighted by atomic mass is 16.5. The van der Waals surface area contributed by atoms with E-state index in [1.165, 1.54) is 7.11 Å². The van der Waals surface area contributed by atoms with Gasteiger partial charge in [0.05, 0.1) is 25.8 Å². The van der Waals surface area contributed by atoms with Crippen LogP contribution in [0.2, 0.25) is 0 Å². The summed E-state index contributed by atoms with van der Waals surface area (Å²) in [6.07, 6.45) is 3.44. The zero-order valence-corrected chi connectivity index (χ0v) is 13.4. The summed E-state index contributed by atoms with van der Waals surface area (Å²) in [6, 6.07) is 3.80. The second-order valence-electron chi connectivity index (χ2n) is 6.26. The summed E-state index contributed by atoms with van der Waals surface area (Å²) < 4.78 is 10.1. The zero-order valence-electron chi connectivity index (χ0n) is 13.4. The van der Waals surface area contributed by atoms with Gasteiger partial charge in [-0.25, -0.2) is 4.79 Å². The number of rotatable bonds is 5. The summed E-state index contributed by atoms with van der Waals surface area (Å²) in [4.78, 5) is 26.3. The van der Waals surface area contributed by atoms with Crippen molar-refractivity contribution in [2.45, 2.75) is 38.8 Å². The van der Waals surface area contributed by atoms with Crippen molar-refractivity contribution in [1.29, 1.82) is 0 Å². The van der Waals surface area contributed by atoms with Crippen LogP contribution >= 0.6 is 0 Å². The molecule has 22 heavy (non-hydrogen) atoms. The number of furan rings is 1. The van der Waals surface area contributed by atoms with Gasteiger partial charge in [-0.3, -0.25) is 9.69 Å². The van der Waals surface area contributed by atoms with Crippen molar-refractivity contribution in [3.8, 4) is 0 Å². The summed E-state index contributed by atoms with van der Waals surface area (Å²) in [5.74, 6) is 0.243. The minimum Gasteiger partial charge on any atom is -0.468 e. The first-order valence-corrected chi connectivity index (χ1v) is 7.57. The minimum atomic E-state index is -1.00. The molecule has 6 nitrogen and oxygen atoms in total. The van der Waals surface area contributed by atoms with Crippen LogP contribution in [-0.4, -0.2) is 42.5 Å². The van der Waals surface area contributed by atoms with Crippen LogP contribution in [-0.2, 0) is 20.9 Å². The van der Waals surface area contributed by atoms with Gasteiger partial charge in [0, 0.05) is 6.54 Å². The summed E-state index contributed by atoms with van der Waals surface area (Å²) in [5, 5.41) is 2.79. The number of ether oxygens (including phenoxy) is 1. The van der Waals surface area contributed by atoms with Crippen LogP contribution in [0, 0.1) is 5.92 Å². The maximum Gasteiger partial charge on any atom is 0.330 e. The molecule has 1 amide bonds. The molecule has 1 aromatic heterocycles. The Kier molecular flexibility index (Phi) is 5.24. The minimum absolute atomic E-state index is 0.0976. The Morgan fingerprint density at radius 2 is 2.27 bits per heavy atom. The van der Waals surface area contributed by atoms with Gasteiger partial charge in [0.1, 0.15) is 11.3 Å². The molecule has 1 fully saturated rings. The van der Waals surface area contributed by atoms with E-state index in [4.69, 9.17) is 9.15 Å². The Morgan fingerprint density at radius 1 is 1.50 bits per heavy atom. The Morgan fingerprint density at radius 3 is 2.91 bits per heavy atom. The highest BCUT2D eigenvalue weighted by molar-refractivity contribution is 5.88. The van der Waals surface area contributed by atoms with Crippen LogP contribution < -0.4 is 5.32 Å². The van der Waals surface area contributed by atoms with Crippen molar-refractivity contribution in [3.63, 3.8) is 0 Å². The first kappa shape index (κ1) is 16.5. The lowest BCUT2D eigenvalue weighted by atomic mass is 9.95. The van der Waals surface area contributed by atoms with E-state index in [0.29, 0.717) is 13.1 Å². The molecule has 122 valence electrons. The number of amides is 1. The molecule has 1 aliphatic heterocycles. The van der Waals surface area contributed by atoms with Gasteiger partial charge < -0.3 is 14.5 Å². The third kappa shape index (κ3) is 4.10. The molecule has 6 heteroatoms. The molecule has 2 heterocycles. The largest absolute Gasteiger partial charge is 0.468 e. The molecule has 0 aromatic carbocycles. The second kappa shape index (κ2) is 6.96. The molecule has 1 N–H and O–H groups in total. The fourth-order valence-corrected chi connectivity index (χ4v) is 2.75. The Bertz CT molecular complexity index is 510. The predicted molar refractivity (Wildman–Crippen MR) is 80.9 cm³/mol. The lowest BCUT2D eigenvalue weighted by Gasteiger charge is -2.33. The fraction of sp³-hybridized carbons (Fsp3) is 0.625. The SMILES string of the molecule is COC(=O)C(C)(C)NC(=O)[C@@H]1CCCN(Cc2ccco2)C1. The van der Waals surface area contributed by atoms with Gasteiger partial charge >= 0.3 is 5.97 Å². The summed E-state index contributed by atoms with van der Waals surface area (Å²) >= 11 is 0. The van der Waals surface area contributed by atoms with E-state index in [1.54, 1.807) is 20.1 Å². The third-order valence-electron chi connectivity index (χ3n) is 3.97. The van der Waals surface area contributed by atoms with E-state index >= 15 is 0 Å². The molecule has 2 rings (SSSR count). The van der Waals surface area contributed by atoms with Gasteiger partial charge in [-0.15, -0.1) is 0 Å². The zero-order chi connectivity index (χ0) is 16.2. The molecule has 0 saturated carbocycles. The number of carbonyl (C=O) groups excluding carboxylic acids is 2. The molecule has 1 aromatic rings. The molecule has 0 spiro atoms.